The molecule has 1 aromatic heterocycles. The Labute approximate surface area is 162 Å². The van der Waals surface area contributed by atoms with Gasteiger partial charge in [-0.25, -0.2) is 4.98 Å². The molecule has 0 aliphatic heterocycles. The number of esters is 1. The number of benzene rings is 1. The van der Waals surface area contributed by atoms with Gasteiger partial charge in [-0.3, -0.25) is 19.3 Å². The van der Waals surface area contributed by atoms with E-state index in [1.54, 1.807) is 0 Å². The molecule has 0 fully saturated rings. The molecule has 2 amide bonds. The van der Waals surface area contributed by atoms with Gasteiger partial charge in [0.15, 0.2) is 11.7 Å². The van der Waals surface area contributed by atoms with E-state index in [0.29, 0.717) is 24.6 Å². The number of anilines is 1. The molecule has 0 radical (unpaired) electrons. The first kappa shape index (κ1) is 20.8. The van der Waals surface area contributed by atoms with Crippen LogP contribution in [0.2, 0.25) is 0 Å². The lowest BCUT2D eigenvalue weighted by Gasteiger charge is -2.17. The molecule has 146 valence electrons. The summed E-state index contributed by atoms with van der Waals surface area (Å²) in [4.78, 5) is 41.0. The van der Waals surface area contributed by atoms with Gasteiger partial charge < -0.3 is 10.1 Å². The number of amides is 2. The molecule has 0 aliphatic rings. The molecule has 0 atom stereocenters. The number of carbonyl (C=O) groups is 3. The fourth-order valence-electron chi connectivity index (χ4n) is 2.52. The molecule has 7 nitrogen and oxygen atoms in total. The maximum absolute atomic E-state index is 12.4. The fraction of sp³-hybridized carbons (Fsp3) is 0.474. The second kappa shape index (κ2) is 10.6. The topological polar surface area (TPSA) is 88.6 Å². The lowest BCUT2D eigenvalue weighted by molar-refractivity contribution is -0.148. The van der Waals surface area contributed by atoms with Gasteiger partial charge in [0.05, 0.1) is 10.2 Å². The molecule has 27 heavy (non-hydrogen) atoms. The Morgan fingerprint density at radius 3 is 2.67 bits per heavy atom. The van der Waals surface area contributed by atoms with Crippen molar-refractivity contribution in [3.05, 3.63) is 24.3 Å². The van der Waals surface area contributed by atoms with Gasteiger partial charge in [0.25, 0.3) is 5.91 Å². The van der Waals surface area contributed by atoms with E-state index in [4.69, 9.17) is 4.74 Å². The Morgan fingerprint density at radius 1 is 1.19 bits per heavy atom. The minimum Gasteiger partial charge on any atom is -0.456 e. The molecule has 0 bridgehead atoms. The summed E-state index contributed by atoms with van der Waals surface area (Å²) < 4.78 is 6.11. The first-order chi connectivity index (χ1) is 13.0. The number of fused-ring (bicyclic) bond motifs is 1. The van der Waals surface area contributed by atoms with Gasteiger partial charge in [-0.2, -0.15) is 0 Å². The predicted octanol–water partition coefficient (Wildman–Crippen LogP) is 2.89. The van der Waals surface area contributed by atoms with E-state index in [1.165, 1.54) is 23.2 Å². The van der Waals surface area contributed by atoms with Crippen LogP contribution in [0.4, 0.5) is 5.13 Å². The molecular weight excluding hydrogens is 366 g/mol. The smallest absolute Gasteiger partial charge is 0.306 e. The van der Waals surface area contributed by atoms with Crippen LogP contribution >= 0.6 is 11.3 Å². The Morgan fingerprint density at radius 2 is 1.96 bits per heavy atom. The van der Waals surface area contributed by atoms with Gasteiger partial charge >= 0.3 is 5.97 Å². The number of rotatable bonds is 10. The summed E-state index contributed by atoms with van der Waals surface area (Å²) in [6.45, 7) is 4.12. The highest BCUT2D eigenvalue weighted by Gasteiger charge is 2.19. The Kier molecular flexibility index (Phi) is 8.19. The van der Waals surface area contributed by atoms with Crippen LogP contribution < -0.4 is 10.2 Å². The number of nitrogens with one attached hydrogen (secondary N) is 1. The highest BCUT2D eigenvalue weighted by atomic mass is 32.1. The van der Waals surface area contributed by atoms with E-state index in [-0.39, 0.29) is 30.8 Å². The van der Waals surface area contributed by atoms with Crippen molar-refractivity contribution in [1.82, 2.24) is 10.3 Å². The van der Waals surface area contributed by atoms with Crippen molar-refractivity contribution in [3.8, 4) is 0 Å². The number of aromatic nitrogens is 1. The lowest BCUT2D eigenvalue weighted by atomic mass is 10.2. The predicted molar refractivity (Wildman–Crippen MR) is 106 cm³/mol. The highest BCUT2D eigenvalue weighted by Crippen LogP contribution is 2.28. The monoisotopic (exact) mass is 391 g/mol. The van der Waals surface area contributed by atoms with E-state index in [9.17, 15) is 14.4 Å². The number of ether oxygens (including phenoxy) is 1. The molecular formula is C19H25N3O4S. The molecule has 0 saturated carbocycles. The Hall–Kier alpha value is -2.48. The van der Waals surface area contributed by atoms with E-state index in [0.717, 1.165) is 23.1 Å². The largest absolute Gasteiger partial charge is 0.456 e. The Balaban J connectivity index is 1.74. The van der Waals surface area contributed by atoms with Gasteiger partial charge in [0.2, 0.25) is 5.91 Å². The SMILES string of the molecule is CCN(C(=O)COC(=O)CCCCCNC(C)=O)c1nc2ccccc2s1. The average molecular weight is 391 g/mol. The third-order valence-electron chi connectivity index (χ3n) is 3.92. The van der Waals surface area contributed by atoms with E-state index in [1.807, 2.05) is 31.2 Å². The zero-order valence-electron chi connectivity index (χ0n) is 15.7. The molecule has 1 heterocycles. The summed E-state index contributed by atoms with van der Waals surface area (Å²) in [5.41, 5.74) is 0.847. The van der Waals surface area contributed by atoms with Crippen LogP contribution in [0, 0.1) is 0 Å². The fourth-order valence-corrected chi connectivity index (χ4v) is 3.57. The highest BCUT2D eigenvalue weighted by molar-refractivity contribution is 7.22. The number of hydrogen-bond acceptors (Lipinski definition) is 6. The first-order valence-corrected chi connectivity index (χ1v) is 9.89. The van der Waals surface area contributed by atoms with Crippen molar-refractivity contribution in [2.45, 2.75) is 39.5 Å². The third kappa shape index (κ3) is 6.63. The van der Waals surface area contributed by atoms with Gasteiger partial charge in [0.1, 0.15) is 0 Å². The van der Waals surface area contributed by atoms with Crippen LogP contribution in [0.15, 0.2) is 24.3 Å². The summed E-state index contributed by atoms with van der Waals surface area (Å²) in [5, 5.41) is 3.32. The minimum atomic E-state index is -0.386. The molecule has 1 N–H and O–H groups in total. The van der Waals surface area contributed by atoms with Crippen molar-refractivity contribution in [3.63, 3.8) is 0 Å². The van der Waals surface area contributed by atoms with Crippen LogP contribution in [0.5, 0.6) is 0 Å². The molecule has 8 heteroatoms. The molecule has 2 rings (SSSR count). The number of thiazole rings is 1. The maximum atomic E-state index is 12.4. The van der Waals surface area contributed by atoms with Crippen LogP contribution in [0.1, 0.15) is 39.5 Å². The number of para-hydroxylation sites is 1. The zero-order valence-corrected chi connectivity index (χ0v) is 16.5. The zero-order chi connectivity index (χ0) is 19.6. The van der Waals surface area contributed by atoms with Crippen LogP contribution in [0.3, 0.4) is 0 Å². The number of likely N-dealkylation sites (N-methyl/N-ethyl adjacent to an activating group) is 1. The molecule has 0 spiro atoms. The lowest BCUT2D eigenvalue weighted by Crippen LogP contribution is -2.34. The number of hydrogen-bond donors (Lipinski definition) is 1. The second-order valence-corrected chi connectivity index (χ2v) is 7.07. The van der Waals surface area contributed by atoms with Gasteiger partial charge in [-0.1, -0.05) is 29.9 Å². The number of nitrogens with zero attached hydrogens (tertiary/aromatic N) is 2. The molecule has 1 aromatic carbocycles. The van der Waals surface area contributed by atoms with E-state index < -0.39 is 0 Å². The van der Waals surface area contributed by atoms with Crippen LogP contribution in [0.25, 0.3) is 10.2 Å². The minimum absolute atomic E-state index is 0.0541. The van der Waals surface area contributed by atoms with Gasteiger partial charge in [0, 0.05) is 26.4 Å². The van der Waals surface area contributed by atoms with Crippen LogP contribution in [-0.4, -0.2) is 42.5 Å². The summed E-state index contributed by atoms with van der Waals surface area (Å²) in [6.07, 6.45) is 2.56. The average Bonchev–Trinajstić information content (AvgIpc) is 3.06. The number of unbranched alkanes of at least 4 members (excludes halogenated alkanes) is 2. The van der Waals surface area contributed by atoms with Crippen molar-refractivity contribution < 1.29 is 19.1 Å². The second-order valence-electron chi connectivity index (χ2n) is 6.06. The molecule has 0 unspecified atom stereocenters. The normalized spacial score (nSPS) is 10.6. The Bertz CT molecular complexity index is 757. The summed E-state index contributed by atoms with van der Waals surface area (Å²) in [7, 11) is 0. The molecule has 2 aromatic rings. The summed E-state index contributed by atoms with van der Waals surface area (Å²) in [5.74, 6) is -0.722. The van der Waals surface area contributed by atoms with E-state index in [2.05, 4.69) is 10.3 Å². The first-order valence-electron chi connectivity index (χ1n) is 9.07. The number of carbonyl (C=O) groups excluding carboxylic acids is 3. The standard InChI is InChI=1S/C19H25N3O4S/c1-3-22(19-21-15-9-6-7-10-16(15)27-19)17(24)13-26-18(25)11-5-4-8-12-20-14(2)23/h6-7,9-10H,3-5,8,11-13H2,1-2H3,(H,20,23). The van der Waals surface area contributed by atoms with Crippen molar-refractivity contribution >= 4 is 44.5 Å². The van der Waals surface area contributed by atoms with Gasteiger partial charge in [-0.05, 0) is 31.9 Å². The van der Waals surface area contributed by atoms with Gasteiger partial charge in [-0.15, -0.1) is 0 Å². The molecule has 0 saturated heterocycles. The van der Waals surface area contributed by atoms with Crippen molar-refractivity contribution in [2.75, 3.05) is 24.6 Å². The van der Waals surface area contributed by atoms with E-state index >= 15 is 0 Å². The molecule has 0 aliphatic carbocycles. The third-order valence-corrected chi connectivity index (χ3v) is 4.98. The maximum Gasteiger partial charge on any atom is 0.306 e. The quantitative estimate of drug-likeness (QED) is 0.497. The van der Waals surface area contributed by atoms with Crippen molar-refractivity contribution in [1.29, 1.82) is 0 Å². The van der Waals surface area contributed by atoms with Crippen LogP contribution in [-0.2, 0) is 19.1 Å². The summed E-state index contributed by atoms with van der Waals surface area (Å²) >= 11 is 1.44. The summed E-state index contributed by atoms with van der Waals surface area (Å²) in [6, 6.07) is 7.70. The van der Waals surface area contributed by atoms with Crippen molar-refractivity contribution in [2.24, 2.45) is 0 Å².